The standard InChI is InChI=1S/C16H24ClNO2/c1-5-6-12-7-13(9-14(17)8-12)16(19)11(2)18-15(3,4)10-20-16/h7-9,11,18-19H,5-6,10H2,1-4H3. The number of benzene rings is 1. The van der Waals surface area contributed by atoms with Crippen molar-refractivity contribution in [2.45, 2.75) is 57.9 Å². The fourth-order valence-electron chi connectivity index (χ4n) is 2.76. The highest BCUT2D eigenvalue weighted by atomic mass is 35.5. The van der Waals surface area contributed by atoms with E-state index < -0.39 is 5.79 Å². The highest BCUT2D eigenvalue weighted by Crippen LogP contribution is 2.34. The molecule has 1 fully saturated rings. The molecule has 4 heteroatoms. The molecular weight excluding hydrogens is 274 g/mol. The molecule has 1 saturated heterocycles. The Morgan fingerprint density at radius 1 is 1.40 bits per heavy atom. The number of aliphatic hydroxyl groups is 1. The molecule has 0 spiro atoms. The molecule has 0 saturated carbocycles. The first-order valence-electron chi connectivity index (χ1n) is 7.21. The van der Waals surface area contributed by atoms with E-state index in [4.69, 9.17) is 16.3 Å². The predicted octanol–water partition coefficient (Wildman–Crippen LogP) is 3.22. The van der Waals surface area contributed by atoms with Gasteiger partial charge in [-0.15, -0.1) is 0 Å². The lowest BCUT2D eigenvalue weighted by Gasteiger charge is -2.46. The predicted molar refractivity (Wildman–Crippen MR) is 82.0 cm³/mol. The van der Waals surface area contributed by atoms with Crippen molar-refractivity contribution in [2.24, 2.45) is 0 Å². The van der Waals surface area contributed by atoms with Gasteiger partial charge in [0.25, 0.3) is 0 Å². The van der Waals surface area contributed by atoms with Crippen molar-refractivity contribution in [1.29, 1.82) is 0 Å². The Hall–Kier alpha value is -0.610. The van der Waals surface area contributed by atoms with E-state index in [1.165, 1.54) is 0 Å². The van der Waals surface area contributed by atoms with Gasteiger partial charge in [-0.3, -0.25) is 0 Å². The van der Waals surface area contributed by atoms with E-state index in [1.807, 2.05) is 19.1 Å². The van der Waals surface area contributed by atoms with Crippen molar-refractivity contribution in [3.05, 3.63) is 34.3 Å². The van der Waals surface area contributed by atoms with Gasteiger partial charge in [-0.1, -0.05) is 31.0 Å². The molecule has 2 rings (SSSR count). The van der Waals surface area contributed by atoms with Gasteiger partial charge in [-0.25, -0.2) is 0 Å². The Labute approximate surface area is 126 Å². The summed E-state index contributed by atoms with van der Waals surface area (Å²) in [5.41, 5.74) is 1.71. The molecule has 1 aliphatic rings. The lowest BCUT2D eigenvalue weighted by molar-refractivity contribution is -0.263. The van der Waals surface area contributed by atoms with Crippen LogP contribution in [-0.2, 0) is 16.9 Å². The SMILES string of the molecule is CCCc1cc(Cl)cc(C2(O)OCC(C)(C)NC2C)c1. The molecule has 1 heterocycles. The second kappa shape index (κ2) is 5.64. The molecule has 2 N–H and O–H groups in total. The highest BCUT2D eigenvalue weighted by Gasteiger charge is 2.45. The van der Waals surface area contributed by atoms with Crippen LogP contribution in [0.1, 0.15) is 45.2 Å². The summed E-state index contributed by atoms with van der Waals surface area (Å²) >= 11 is 6.18. The second-order valence-corrected chi connectivity index (χ2v) is 6.77. The molecule has 0 amide bonds. The smallest absolute Gasteiger partial charge is 0.208 e. The van der Waals surface area contributed by atoms with Gasteiger partial charge in [0, 0.05) is 16.1 Å². The van der Waals surface area contributed by atoms with E-state index in [-0.39, 0.29) is 11.6 Å². The number of rotatable bonds is 3. The van der Waals surface area contributed by atoms with Crippen LogP contribution >= 0.6 is 11.6 Å². The zero-order chi connectivity index (χ0) is 15.0. The zero-order valence-corrected chi connectivity index (χ0v) is 13.4. The summed E-state index contributed by atoms with van der Waals surface area (Å²) in [4.78, 5) is 0. The van der Waals surface area contributed by atoms with Gasteiger partial charge in [-0.05, 0) is 44.9 Å². The van der Waals surface area contributed by atoms with Crippen molar-refractivity contribution >= 4 is 11.6 Å². The van der Waals surface area contributed by atoms with Gasteiger partial charge in [-0.2, -0.15) is 0 Å². The Morgan fingerprint density at radius 2 is 2.10 bits per heavy atom. The highest BCUT2D eigenvalue weighted by molar-refractivity contribution is 6.30. The summed E-state index contributed by atoms with van der Waals surface area (Å²) in [6, 6.07) is 5.52. The van der Waals surface area contributed by atoms with E-state index in [0.29, 0.717) is 11.6 Å². The van der Waals surface area contributed by atoms with E-state index >= 15 is 0 Å². The first kappa shape index (κ1) is 15.8. The third-order valence-corrected chi connectivity index (χ3v) is 3.98. The number of ether oxygens (including phenoxy) is 1. The van der Waals surface area contributed by atoms with Gasteiger partial charge in [0.2, 0.25) is 5.79 Å². The van der Waals surface area contributed by atoms with Crippen LogP contribution in [0.25, 0.3) is 0 Å². The maximum Gasteiger partial charge on any atom is 0.208 e. The van der Waals surface area contributed by atoms with Gasteiger partial charge in [0.05, 0.1) is 12.6 Å². The number of morpholine rings is 1. The average Bonchev–Trinajstić information content (AvgIpc) is 2.34. The maximum absolute atomic E-state index is 10.9. The van der Waals surface area contributed by atoms with Crippen LogP contribution < -0.4 is 5.32 Å². The van der Waals surface area contributed by atoms with Gasteiger partial charge in [0.1, 0.15) is 0 Å². The van der Waals surface area contributed by atoms with E-state index in [9.17, 15) is 5.11 Å². The summed E-state index contributed by atoms with van der Waals surface area (Å²) in [5, 5.41) is 15.0. The second-order valence-electron chi connectivity index (χ2n) is 6.33. The fraction of sp³-hybridized carbons (Fsp3) is 0.625. The molecule has 0 radical (unpaired) electrons. The monoisotopic (exact) mass is 297 g/mol. The summed E-state index contributed by atoms with van der Waals surface area (Å²) in [5.74, 6) is -1.33. The molecule has 2 unspecified atom stereocenters. The number of hydrogen-bond acceptors (Lipinski definition) is 3. The van der Waals surface area contributed by atoms with Crippen molar-refractivity contribution < 1.29 is 9.84 Å². The summed E-state index contributed by atoms with van der Waals surface area (Å²) < 4.78 is 5.80. The Kier molecular flexibility index (Phi) is 4.45. The lowest BCUT2D eigenvalue weighted by Crippen LogP contribution is -2.63. The van der Waals surface area contributed by atoms with Crippen LogP contribution in [0.4, 0.5) is 0 Å². The van der Waals surface area contributed by atoms with Crippen LogP contribution in [0.3, 0.4) is 0 Å². The minimum absolute atomic E-state index is 0.142. The largest absolute Gasteiger partial charge is 0.361 e. The van der Waals surface area contributed by atoms with Crippen LogP contribution in [-0.4, -0.2) is 23.3 Å². The van der Waals surface area contributed by atoms with Crippen LogP contribution in [0.2, 0.25) is 5.02 Å². The normalized spacial score (nSPS) is 29.4. The molecule has 20 heavy (non-hydrogen) atoms. The Balaban J connectivity index is 2.34. The molecule has 1 aromatic carbocycles. The summed E-state index contributed by atoms with van der Waals surface area (Å²) in [6.07, 6.45) is 1.98. The summed E-state index contributed by atoms with van der Waals surface area (Å²) in [6.45, 7) is 8.62. The van der Waals surface area contributed by atoms with E-state index in [1.54, 1.807) is 6.07 Å². The zero-order valence-electron chi connectivity index (χ0n) is 12.7. The molecule has 0 bridgehead atoms. The molecule has 112 valence electrons. The Morgan fingerprint density at radius 3 is 2.70 bits per heavy atom. The molecule has 2 atom stereocenters. The van der Waals surface area contributed by atoms with Gasteiger partial charge >= 0.3 is 0 Å². The quantitative estimate of drug-likeness (QED) is 0.900. The molecule has 1 aliphatic heterocycles. The number of aryl methyl sites for hydroxylation is 1. The van der Waals surface area contributed by atoms with Crippen molar-refractivity contribution in [1.82, 2.24) is 5.32 Å². The first-order chi connectivity index (χ1) is 9.27. The molecular formula is C16H24ClNO2. The van der Waals surface area contributed by atoms with Gasteiger partial charge in [0.15, 0.2) is 0 Å². The van der Waals surface area contributed by atoms with Crippen molar-refractivity contribution in [3.63, 3.8) is 0 Å². The maximum atomic E-state index is 10.9. The van der Waals surface area contributed by atoms with Crippen LogP contribution in [0, 0.1) is 0 Å². The average molecular weight is 298 g/mol. The third-order valence-electron chi connectivity index (χ3n) is 3.76. The molecule has 3 nitrogen and oxygen atoms in total. The van der Waals surface area contributed by atoms with Crippen molar-refractivity contribution in [2.75, 3.05) is 6.61 Å². The van der Waals surface area contributed by atoms with Crippen LogP contribution in [0.15, 0.2) is 18.2 Å². The summed E-state index contributed by atoms with van der Waals surface area (Å²) in [7, 11) is 0. The minimum Gasteiger partial charge on any atom is -0.361 e. The first-order valence-corrected chi connectivity index (χ1v) is 7.58. The number of nitrogens with one attached hydrogen (secondary N) is 1. The Bertz CT molecular complexity index is 489. The van der Waals surface area contributed by atoms with Crippen molar-refractivity contribution in [3.8, 4) is 0 Å². The minimum atomic E-state index is -1.33. The van der Waals surface area contributed by atoms with Gasteiger partial charge < -0.3 is 15.2 Å². The number of hydrogen-bond donors (Lipinski definition) is 2. The van der Waals surface area contributed by atoms with E-state index in [2.05, 4.69) is 26.1 Å². The topological polar surface area (TPSA) is 41.5 Å². The molecule has 1 aromatic rings. The molecule has 0 aromatic heterocycles. The number of halogens is 1. The third kappa shape index (κ3) is 3.17. The van der Waals surface area contributed by atoms with E-state index in [0.717, 1.165) is 24.0 Å². The van der Waals surface area contributed by atoms with Crippen LogP contribution in [0.5, 0.6) is 0 Å². The fourth-order valence-corrected chi connectivity index (χ4v) is 3.02. The lowest BCUT2D eigenvalue weighted by atomic mass is 9.91. The molecule has 0 aliphatic carbocycles.